The molecule has 0 radical (unpaired) electrons. The first-order chi connectivity index (χ1) is 19.3. The number of carbonyl (C=O) groups excluding carboxylic acids is 1. The summed E-state index contributed by atoms with van der Waals surface area (Å²) in [6.07, 6.45) is -2.16. The Morgan fingerprint density at radius 2 is 1.85 bits per heavy atom. The molecule has 0 unspecified atom stereocenters. The Morgan fingerprint density at radius 1 is 1.12 bits per heavy atom. The number of rotatable bonds is 10. The summed E-state index contributed by atoms with van der Waals surface area (Å²) >= 11 is 0. The summed E-state index contributed by atoms with van der Waals surface area (Å²) in [6, 6.07) is 10.6. The van der Waals surface area contributed by atoms with E-state index in [1.807, 2.05) is 33.2 Å². The maximum Gasteiger partial charge on any atom is 0.573 e. The molecular weight excluding hydrogens is 561 g/mol. The zero-order valence-electron chi connectivity index (χ0n) is 23.1. The van der Waals surface area contributed by atoms with Gasteiger partial charge in [-0.25, -0.2) is 8.42 Å². The van der Waals surface area contributed by atoms with E-state index < -0.39 is 33.6 Å². The van der Waals surface area contributed by atoms with Gasteiger partial charge in [0.15, 0.2) is 0 Å². The first-order valence-electron chi connectivity index (χ1n) is 13.1. The van der Waals surface area contributed by atoms with Crippen molar-refractivity contribution in [1.82, 2.24) is 14.5 Å². The fourth-order valence-electron chi connectivity index (χ4n) is 4.68. The summed E-state index contributed by atoms with van der Waals surface area (Å²) < 4.78 is 75.0. The number of aryl methyl sites for hydroxylation is 1. The highest BCUT2D eigenvalue weighted by Crippen LogP contribution is 2.33. The minimum absolute atomic E-state index is 0.0623. The summed E-state index contributed by atoms with van der Waals surface area (Å²) in [7, 11) is 0.228. The quantitative estimate of drug-likeness (QED) is 0.419. The van der Waals surface area contributed by atoms with E-state index in [9.17, 15) is 26.4 Å². The van der Waals surface area contributed by atoms with Crippen molar-refractivity contribution in [2.75, 3.05) is 40.3 Å². The normalized spacial score (nSPS) is 17.7. The molecule has 1 spiro atoms. The van der Waals surface area contributed by atoms with Crippen molar-refractivity contribution < 1.29 is 35.9 Å². The fourth-order valence-corrected chi connectivity index (χ4v) is 5.87. The average Bonchev–Trinajstić information content (AvgIpc) is 3.20. The Bertz CT molecular complexity index is 1430. The number of nitrogens with zero attached hydrogens (tertiary/aromatic N) is 3. The van der Waals surface area contributed by atoms with E-state index in [-0.39, 0.29) is 37.3 Å². The van der Waals surface area contributed by atoms with E-state index in [2.05, 4.69) is 19.9 Å². The number of hydrogen-bond acceptors (Lipinski definition) is 7. The molecule has 1 saturated heterocycles. The van der Waals surface area contributed by atoms with Gasteiger partial charge in [-0.2, -0.15) is 4.31 Å². The van der Waals surface area contributed by atoms with Crippen LogP contribution in [0.3, 0.4) is 0 Å². The molecule has 2 aromatic rings. The van der Waals surface area contributed by atoms with Crippen LogP contribution in [0.15, 0.2) is 52.9 Å². The van der Waals surface area contributed by atoms with Crippen molar-refractivity contribution in [2.24, 2.45) is 4.99 Å². The van der Waals surface area contributed by atoms with Crippen molar-refractivity contribution in [3.05, 3.63) is 64.6 Å². The molecule has 4 rings (SSSR count). The summed E-state index contributed by atoms with van der Waals surface area (Å²) in [4.78, 5) is 19.4. The number of amides is 1. The number of sulfonamides is 1. The number of hydrogen-bond donors (Lipinski definition) is 1. The lowest BCUT2D eigenvalue weighted by Gasteiger charge is -2.34. The number of alkyl halides is 3. The highest BCUT2D eigenvalue weighted by Gasteiger charge is 2.47. The molecular formula is C28H33F3N4O5S. The summed E-state index contributed by atoms with van der Waals surface area (Å²) in [5.74, 6) is -0.00345. The van der Waals surface area contributed by atoms with Crippen LogP contribution in [-0.4, -0.2) is 81.6 Å². The molecule has 13 heteroatoms. The number of aliphatic imine (C=N–C) groups is 1. The molecule has 1 fully saturated rings. The molecule has 2 heterocycles. The Hall–Kier alpha value is -3.42. The molecule has 0 atom stereocenters. The third-order valence-electron chi connectivity index (χ3n) is 6.91. The number of piperidine rings is 1. The summed E-state index contributed by atoms with van der Waals surface area (Å²) in [6.45, 7) is 3.50. The number of nitrogens with one attached hydrogen (secondary N) is 1. The van der Waals surface area contributed by atoms with Gasteiger partial charge in [0.25, 0.3) is 5.91 Å². The van der Waals surface area contributed by atoms with E-state index in [1.165, 1.54) is 16.4 Å². The molecule has 41 heavy (non-hydrogen) atoms. The minimum atomic E-state index is -4.85. The largest absolute Gasteiger partial charge is 0.573 e. The first-order valence-corrected chi connectivity index (χ1v) is 14.6. The average molecular weight is 595 g/mol. The number of halogens is 3. The van der Waals surface area contributed by atoms with Crippen LogP contribution in [0.1, 0.15) is 36.0 Å². The number of benzene rings is 2. The van der Waals surface area contributed by atoms with Gasteiger partial charge in [-0.1, -0.05) is 18.2 Å². The van der Waals surface area contributed by atoms with E-state index in [0.717, 1.165) is 47.4 Å². The monoisotopic (exact) mass is 594 g/mol. The molecule has 9 nitrogen and oxygen atoms in total. The van der Waals surface area contributed by atoms with Gasteiger partial charge >= 0.3 is 6.36 Å². The van der Waals surface area contributed by atoms with Gasteiger partial charge in [0, 0.05) is 30.6 Å². The van der Waals surface area contributed by atoms with Crippen LogP contribution >= 0.6 is 0 Å². The first kappa shape index (κ1) is 30.5. The molecule has 0 aliphatic carbocycles. The van der Waals surface area contributed by atoms with Crippen LogP contribution in [0.2, 0.25) is 0 Å². The lowest BCUT2D eigenvalue weighted by atomic mass is 9.89. The summed E-state index contributed by atoms with van der Waals surface area (Å²) in [5, 5.41) is 3.79. The Kier molecular flexibility index (Phi) is 9.10. The van der Waals surface area contributed by atoms with Gasteiger partial charge in [-0.15, -0.1) is 13.2 Å². The van der Waals surface area contributed by atoms with Crippen LogP contribution in [0.25, 0.3) is 6.08 Å². The highest BCUT2D eigenvalue weighted by molar-refractivity contribution is 7.92. The van der Waals surface area contributed by atoms with Crippen LogP contribution in [-0.2, 0) is 14.8 Å². The highest BCUT2D eigenvalue weighted by atomic mass is 32.2. The van der Waals surface area contributed by atoms with Crippen LogP contribution in [0.5, 0.6) is 11.5 Å². The van der Waals surface area contributed by atoms with Gasteiger partial charge in [-0.05, 0) is 81.7 Å². The van der Waals surface area contributed by atoms with Gasteiger partial charge in [0.2, 0.25) is 10.0 Å². The minimum Gasteiger partial charge on any atom is -0.494 e. The van der Waals surface area contributed by atoms with Crippen molar-refractivity contribution >= 4 is 27.8 Å². The fraction of sp³-hybridized carbons (Fsp3) is 0.429. The number of carbonyl (C=O) groups is 1. The molecule has 2 aliphatic heterocycles. The zero-order chi connectivity index (χ0) is 29.8. The molecule has 1 N–H and O–H groups in total. The topological polar surface area (TPSA) is 101 Å². The maximum absolute atomic E-state index is 13.1. The van der Waals surface area contributed by atoms with E-state index >= 15 is 0 Å². The van der Waals surface area contributed by atoms with Crippen LogP contribution in [0, 0.1) is 6.92 Å². The van der Waals surface area contributed by atoms with Crippen LogP contribution < -0.4 is 14.8 Å². The lowest BCUT2D eigenvalue weighted by Crippen LogP contribution is -2.50. The predicted octanol–water partition coefficient (Wildman–Crippen LogP) is 3.94. The van der Waals surface area contributed by atoms with Gasteiger partial charge in [-0.3, -0.25) is 9.79 Å². The van der Waals surface area contributed by atoms with E-state index in [1.54, 1.807) is 12.1 Å². The molecule has 0 aromatic heterocycles. The summed E-state index contributed by atoms with van der Waals surface area (Å²) in [5.41, 5.74) is 0.678. The molecule has 0 bridgehead atoms. The van der Waals surface area contributed by atoms with Gasteiger partial charge in [0.05, 0.1) is 6.61 Å². The van der Waals surface area contributed by atoms with Crippen molar-refractivity contribution in [1.29, 1.82) is 0 Å². The third-order valence-corrected chi connectivity index (χ3v) is 8.48. The second-order valence-corrected chi connectivity index (χ2v) is 12.1. The zero-order valence-corrected chi connectivity index (χ0v) is 23.9. The Morgan fingerprint density at radius 3 is 2.51 bits per heavy atom. The molecule has 2 aromatic carbocycles. The predicted molar refractivity (Wildman–Crippen MR) is 149 cm³/mol. The number of ether oxygens (including phenoxy) is 2. The van der Waals surface area contributed by atoms with Crippen molar-refractivity contribution in [2.45, 2.75) is 38.1 Å². The second-order valence-electron chi connectivity index (χ2n) is 10.3. The van der Waals surface area contributed by atoms with Gasteiger partial charge in [0.1, 0.15) is 22.9 Å². The van der Waals surface area contributed by atoms with Gasteiger partial charge < -0.3 is 19.7 Å². The molecule has 1 amide bonds. The standard InChI is InChI=1S/C28H33F3N4O5S/c1-20-18-23(39-16-5-13-34(2)3)9-8-21(20)10-17-41(37,38)35-14-11-27(12-15-35)26(36)32-25(33-27)22-6-4-7-24(19-22)40-28(29,30)31/h4,6-10,17-19H,5,11-16H2,1-3H3,(H,32,33,36)/b17-10+. The maximum atomic E-state index is 13.1. The molecule has 222 valence electrons. The SMILES string of the molecule is Cc1cc(OCCCN(C)C)ccc1/C=C/S(=O)(=O)N1CCC2(CC1)N=C(c1cccc(OC(F)(F)F)c1)NC2=O. The van der Waals surface area contributed by atoms with Crippen molar-refractivity contribution in [3.8, 4) is 11.5 Å². The molecule has 2 aliphatic rings. The van der Waals surface area contributed by atoms with E-state index in [4.69, 9.17) is 4.74 Å². The third kappa shape index (κ3) is 7.86. The number of amidine groups is 1. The smallest absolute Gasteiger partial charge is 0.494 e. The van der Waals surface area contributed by atoms with Crippen LogP contribution in [0.4, 0.5) is 13.2 Å². The second kappa shape index (κ2) is 12.2. The Labute approximate surface area is 237 Å². The van der Waals surface area contributed by atoms with E-state index in [0.29, 0.717) is 6.61 Å². The van der Waals surface area contributed by atoms with Crippen molar-refractivity contribution in [3.63, 3.8) is 0 Å². The lowest BCUT2D eigenvalue weighted by molar-refractivity contribution is -0.274. The molecule has 0 saturated carbocycles. The Balaban J connectivity index is 1.38.